The molecule has 6 heteroatoms. The van der Waals surface area contributed by atoms with Gasteiger partial charge in [-0.15, -0.1) is 11.3 Å². The molecule has 0 spiro atoms. The van der Waals surface area contributed by atoms with E-state index in [1.807, 2.05) is 18.2 Å². The highest BCUT2D eigenvalue weighted by Gasteiger charge is 2.20. The lowest BCUT2D eigenvalue weighted by atomic mass is 10.3. The number of aromatic nitrogens is 2. The molecule has 0 bridgehead atoms. The van der Waals surface area contributed by atoms with Crippen molar-refractivity contribution in [2.24, 2.45) is 0 Å². The van der Waals surface area contributed by atoms with Crippen molar-refractivity contribution in [2.75, 3.05) is 19.9 Å². The summed E-state index contributed by atoms with van der Waals surface area (Å²) in [4.78, 5) is 15.7. The summed E-state index contributed by atoms with van der Waals surface area (Å²) < 4.78 is 5.30. The van der Waals surface area contributed by atoms with Gasteiger partial charge in [0.25, 0.3) is 5.91 Å². The maximum Gasteiger partial charge on any atom is 0.265 e. The topological polar surface area (TPSA) is 58.2 Å². The van der Waals surface area contributed by atoms with Crippen molar-refractivity contribution in [3.8, 4) is 10.6 Å². The van der Waals surface area contributed by atoms with E-state index in [4.69, 9.17) is 4.74 Å². The van der Waals surface area contributed by atoms with Crippen molar-refractivity contribution in [2.45, 2.75) is 6.42 Å². The fourth-order valence-corrected chi connectivity index (χ4v) is 2.85. The Balaban J connectivity index is 1.78. The zero-order valence-corrected chi connectivity index (χ0v) is 10.6. The third-order valence-electron chi connectivity index (χ3n) is 2.83. The van der Waals surface area contributed by atoms with Crippen molar-refractivity contribution in [3.63, 3.8) is 0 Å². The number of nitrogens with zero attached hydrogens (tertiary/aromatic N) is 2. The predicted molar refractivity (Wildman–Crippen MR) is 68.4 cm³/mol. The lowest BCUT2D eigenvalue weighted by Crippen LogP contribution is -2.37. The fraction of sp³-hybridized carbons (Fsp3) is 0.333. The van der Waals surface area contributed by atoms with Crippen LogP contribution in [-0.4, -0.2) is 40.9 Å². The molecule has 3 rings (SSSR count). The zero-order chi connectivity index (χ0) is 12.4. The van der Waals surface area contributed by atoms with Crippen LogP contribution in [0.2, 0.25) is 0 Å². The van der Waals surface area contributed by atoms with Crippen LogP contribution in [-0.2, 0) is 4.74 Å². The lowest BCUT2D eigenvalue weighted by Gasteiger charge is -2.26. The zero-order valence-electron chi connectivity index (χ0n) is 9.76. The van der Waals surface area contributed by atoms with Gasteiger partial charge < -0.3 is 9.64 Å². The number of hydrogen-bond acceptors (Lipinski definition) is 4. The first-order valence-electron chi connectivity index (χ1n) is 5.81. The van der Waals surface area contributed by atoms with Gasteiger partial charge in [-0.05, 0) is 24.6 Å². The second-order valence-electron chi connectivity index (χ2n) is 4.09. The molecule has 0 atom stereocenters. The summed E-state index contributed by atoms with van der Waals surface area (Å²) in [6.07, 6.45) is 2.61. The van der Waals surface area contributed by atoms with Crippen molar-refractivity contribution in [1.82, 2.24) is 15.1 Å². The second kappa shape index (κ2) is 4.91. The van der Waals surface area contributed by atoms with Crippen LogP contribution in [0.25, 0.3) is 10.6 Å². The minimum atomic E-state index is 0.0467. The number of ether oxygens (including phenoxy) is 1. The number of amides is 1. The molecule has 0 aliphatic carbocycles. The molecule has 1 saturated heterocycles. The molecule has 1 N–H and O–H groups in total. The Morgan fingerprint density at radius 3 is 3.11 bits per heavy atom. The highest BCUT2D eigenvalue weighted by molar-refractivity contribution is 7.17. The van der Waals surface area contributed by atoms with Crippen LogP contribution < -0.4 is 0 Å². The van der Waals surface area contributed by atoms with Crippen LogP contribution in [0.15, 0.2) is 24.4 Å². The van der Waals surface area contributed by atoms with E-state index in [1.54, 1.807) is 11.1 Å². The van der Waals surface area contributed by atoms with Crippen LogP contribution in [0.5, 0.6) is 0 Å². The van der Waals surface area contributed by atoms with Gasteiger partial charge in [0.15, 0.2) is 0 Å². The van der Waals surface area contributed by atoms with Crippen molar-refractivity contribution >= 4 is 17.2 Å². The molecule has 0 radical (unpaired) electrons. The van der Waals surface area contributed by atoms with Crippen molar-refractivity contribution in [1.29, 1.82) is 0 Å². The van der Waals surface area contributed by atoms with E-state index >= 15 is 0 Å². The third-order valence-corrected chi connectivity index (χ3v) is 3.94. The Kier molecular flexibility index (Phi) is 3.12. The monoisotopic (exact) mass is 263 g/mol. The van der Waals surface area contributed by atoms with Gasteiger partial charge in [0.1, 0.15) is 6.73 Å². The molecule has 0 aromatic carbocycles. The Morgan fingerprint density at radius 1 is 1.44 bits per heavy atom. The van der Waals surface area contributed by atoms with Gasteiger partial charge >= 0.3 is 0 Å². The lowest BCUT2D eigenvalue weighted by molar-refractivity contribution is -0.00543. The Bertz CT molecular complexity index is 529. The Hall–Kier alpha value is -1.66. The average Bonchev–Trinajstić information content (AvgIpc) is 3.09. The molecular weight excluding hydrogens is 250 g/mol. The van der Waals surface area contributed by atoms with Crippen LogP contribution in [0.3, 0.4) is 0 Å². The maximum absolute atomic E-state index is 12.2. The first-order chi connectivity index (χ1) is 8.84. The van der Waals surface area contributed by atoms with Gasteiger partial charge in [-0.3, -0.25) is 9.89 Å². The van der Waals surface area contributed by atoms with E-state index < -0.39 is 0 Å². The van der Waals surface area contributed by atoms with Crippen LogP contribution in [0, 0.1) is 0 Å². The van der Waals surface area contributed by atoms with E-state index in [2.05, 4.69) is 10.2 Å². The van der Waals surface area contributed by atoms with Gasteiger partial charge in [0.2, 0.25) is 0 Å². The smallest absolute Gasteiger partial charge is 0.265 e. The highest BCUT2D eigenvalue weighted by atomic mass is 32.1. The summed E-state index contributed by atoms with van der Waals surface area (Å²) in [5, 5.41) is 6.80. The summed E-state index contributed by atoms with van der Waals surface area (Å²) in [6, 6.07) is 5.69. The molecule has 1 fully saturated rings. The molecule has 5 nitrogen and oxygen atoms in total. The SMILES string of the molecule is O=C(c1ccc(-c2ccn[nH]2)s1)N1CCCOC1. The molecule has 18 heavy (non-hydrogen) atoms. The molecule has 3 heterocycles. The molecule has 0 saturated carbocycles. The average molecular weight is 263 g/mol. The van der Waals surface area contributed by atoms with Crippen molar-refractivity contribution in [3.05, 3.63) is 29.3 Å². The van der Waals surface area contributed by atoms with Gasteiger partial charge in [-0.25, -0.2) is 0 Å². The second-order valence-corrected chi connectivity index (χ2v) is 5.18. The third kappa shape index (κ3) is 2.16. The predicted octanol–water partition coefficient (Wildman–Crippen LogP) is 1.96. The molecule has 2 aromatic rings. The number of carbonyl (C=O) groups is 1. The first-order valence-corrected chi connectivity index (χ1v) is 6.63. The molecule has 0 unspecified atom stereocenters. The summed E-state index contributed by atoms with van der Waals surface area (Å²) in [5.74, 6) is 0.0467. The fourth-order valence-electron chi connectivity index (χ4n) is 1.90. The summed E-state index contributed by atoms with van der Waals surface area (Å²) >= 11 is 1.47. The number of thiophene rings is 1. The molecular formula is C12H13N3O2S. The largest absolute Gasteiger partial charge is 0.361 e. The number of rotatable bonds is 2. The standard InChI is InChI=1S/C12H13N3O2S/c16-12(15-6-1-7-17-8-15)11-3-2-10(18-11)9-4-5-13-14-9/h2-5H,1,6-8H2,(H,13,14). The molecule has 1 aliphatic rings. The number of nitrogens with one attached hydrogen (secondary N) is 1. The molecule has 94 valence electrons. The Labute approximate surface area is 108 Å². The maximum atomic E-state index is 12.2. The quantitative estimate of drug-likeness (QED) is 0.901. The highest BCUT2D eigenvalue weighted by Crippen LogP contribution is 2.27. The van der Waals surface area contributed by atoms with Crippen LogP contribution in [0.1, 0.15) is 16.1 Å². The van der Waals surface area contributed by atoms with Crippen molar-refractivity contribution < 1.29 is 9.53 Å². The van der Waals surface area contributed by atoms with E-state index in [0.717, 1.165) is 35.0 Å². The first kappa shape index (κ1) is 11.4. The van der Waals surface area contributed by atoms with E-state index in [-0.39, 0.29) is 5.91 Å². The number of H-pyrrole nitrogens is 1. The number of carbonyl (C=O) groups excluding carboxylic acids is 1. The molecule has 1 amide bonds. The van der Waals surface area contributed by atoms with E-state index in [9.17, 15) is 4.79 Å². The summed E-state index contributed by atoms with van der Waals surface area (Å²) in [5.41, 5.74) is 0.939. The van der Waals surface area contributed by atoms with Crippen LogP contribution >= 0.6 is 11.3 Å². The van der Waals surface area contributed by atoms with Gasteiger partial charge in [-0.1, -0.05) is 0 Å². The Morgan fingerprint density at radius 2 is 2.39 bits per heavy atom. The normalized spacial score (nSPS) is 15.9. The molecule has 1 aliphatic heterocycles. The van der Waals surface area contributed by atoms with Gasteiger partial charge in [0, 0.05) is 12.7 Å². The minimum Gasteiger partial charge on any atom is -0.361 e. The van der Waals surface area contributed by atoms with E-state index in [1.165, 1.54) is 11.3 Å². The van der Waals surface area contributed by atoms with E-state index in [0.29, 0.717) is 6.73 Å². The molecule has 2 aromatic heterocycles. The van der Waals surface area contributed by atoms with Gasteiger partial charge in [-0.2, -0.15) is 5.10 Å². The number of aromatic amines is 1. The summed E-state index contributed by atoms with van der Waals surface area (Å²) in [6.45, 7) is 1.92. The minimum absolute atomic E-state index is 0.0467. The van der Waals surface area contributed by atoms with Crippen LogP contribution in [0.4, 0.5) is 0 Å². The summed E-state index contributed by atoms with van der Waals surface area (Å²) in [7, 11) is 0. The van der Waals surface area contributed by atoms with Gasteiger partial charge in [0.05, 0.1) is 22.1 Å². The number of hydrogen-bond donors (Lipinski definition) is 1.